The summed E-state index contributed by atoms with van der Waals surface area (Å²) in [5, 5.41) is 16.5. The van der Waals surface area contributed by atoms with Gasteiger partial charge in [-0.25, -0.2) is 0 Å². The third-order valence-electron chi connectivity index (χ3n) is 4.36. The van der Waals surface area contributed by atoms with Gasteiger partial charge in [0, 0.05) is 38.1 Å². The van der Waals surface area contributed by atoms with Crippen molar-refractivity contribution in [2.45, 2.75) is 25.8 Å². The number of aromatic nitrogens is 3. The van der Waals surface area contributed by atoms with Gasteiger partial charge in [-0.3, -0.25) is 14.5 Å². The zero-order valence-corrected chi connectivity index (χ0v) is 13.9. The number of anilines is 1. The van der Waals surface area contributed by atoms with Gasteiger partial charge in [0.25, 0.3) is 5.91 Å². The van der Waals surface area contributed by atoms with E-state index in [0.717, 1.165) is 30.8 Å². The van der Waals surface area contributed by atoms with E-state index in [9.17, 15) is 10.1 Å². The first-order valence-corrected chi connectivity index (χ1v) is 7.99. The molecule has 3 heterocycles. The average molecular weight is 324 g/mol. The van der Waals surface area contributed by atoms with Crippen molar-refractivity contribution in [3.8, 4) is 6.07 Å². The molecule has 24 heavy (non-hydrogen) atoms. The minimum absolute atomic E-state index is 0.0281. The Labute approximate surface area is 140 Å². The predicted octanol–water partition coefficient (Wildman–Crippen LogP) is 1.39. The van der Waals surface area contributed by atoms with Gasteiger partial charge in [-0.1, -0.05) is 0 Å². The number of nitrogens with one attached hydrogen (secondary N) is 1. The fourth-order valence-corrected chi connectivity index (χ4v) is 2.98. The number of rotatable bonds is 3. The van der Waals surface area contributed by atoms with Crippen molar-refractivity contribution in [1.29, 1.82) is 5.26 Å². The van der Waals surface area contributed by atoms with E-state index >= 15 is 0 Å². The Kier molecular flexibility index (Phi) is 4.47. The summed E-state index contributed by atoms with van der Waals surface area (Å²) in [6, 6.07) is 5.73. The second-order valence-electron chi connectivity index (χ2n) is 6.06. The van der Waals surface area contributed by atoms with Gasteiger partial charge in [-0.15, -0.1) is 0 Å². The number of amides is 1. The highest BCUT2D eigenvalue weighted by atomic mass is 16.2. The molecule has 124 valence electrons. The molecule has 0 spiro atoms. The molecule has 7 nitrogen and oxygen atoms in total. The van der Waals surface area contributed by atoms with Crippen molar-refractivity contribution in [3.05, 3.63) is 41.5 Å². The molecule has 2 aromatic rings. The number of hydrogen-bond donors (Lipinski definition) is 1. The van der Waals surface area contributed by atoms with E-state index in [-0.39, 0.29) is 11.9 Å². The van der Waals surface area contributed by atoms with Crippen LogP contribution in [0.25, 0.3) is 0 Å². The van der Waals surface area contributed by atoms with Crippen LogP contribution in [0.2, 0.25) is 0 Å². The van der Waals surface area contributed by atoms with Gasteiger partial charge >= 0.3 is 0 Å². The third kappa shape index (κ3) is 3.23. The first-order valence-electron chi connectivity index (χ1n) is 7.99. The van der Waals surface area contributed by atoms with Crippen molar-refractivity contribution < 1.29 is 4.79 Å². The molecular weight excluding hydrogens is 304 g/mol. The topological polar surface area (TPSA) is 86.8 Å². The largest absolute Gasteiger partial charge is 0.367 e. The van der Waals surface area contributed by atoms with Crippen LogP contribution in [0.3, 0.4) is 0 Å². The molecule has 1 unspecified atom stereocenters. The quantitative estimate of drug-likeness (QED) is 0.922. The molecule has 0 saturated carbocycles. The Bertz CT molecular complexity index is 771. The molecule has 1 N–H and O–H groups in total. The molecule has 2 aromatic heterocycles. The smallest absolute Gasteiger partial charge is 0.272 e. The van der Waals surface area contributed by atoms with E-state index < -0.39 is 0 Å². The Balaban J connectivity index is 1.70. The van der Waals surface area contributed by atoms with Gasteiger partial charge in [0.15, 0.2) is 0 Å². The number of carbonyl (C=O) groups is 1. The van der Waals surface area contributed by atoms with E-state index in [1.54, 1.807) is 29.2 Å². The van der Waals surface area contributed by atoms with E-state index in [1.165, 1.54) is 0 Å². The zero-order chi connectivity index (χ0) is 17.1. The zero-order valence-electron chi connectivity index (χ0n) is 13.9. The molecule has 1 fully saturated rings. The summed E-state index contributed by atoms with van der Waals surface area (Å²) >= 11 is 0. The Morgan fingerprint density at radius 2 is 2.33 bits per heavy atom. The standard InChI is InChI=1S/C17H20N6O/c1-12-8-15(21-22(12)2)17(24)20-14-4-3-7-23(11-14)16-10-19-6-5-13(16)9-18/h5-6,8,10,14H,3-4,7,11H2,1-2H3,(H,20,24). The average Bonchev–Trinajstić information content (AvgIpc) is 2.94. The normalized spacial score (nSPS) is 17.4. The number of aryl methyl sites for hydroxylation is 2. The summed E-state index contributed by atoms with van der Waals surface area (Å²) in [6.07, 6.45) is 5.20. The molecule has 0 radical (unpaired) electrons. The summed E-state index contributed by atoms with van der Waals surface area (Å²) in [6.45, 7) is 3.44. The van der Waals surface area contributed by atoms with Crippen molar-refractivity contribution in [1.82, 2.24) is 20.1 Å². The summed E-state index contributed by atoms with van der Waals surface area (Å²) < 4.78 is 1.69. The Morgan fingerprint density at radius 1 is 1.50 bits per heavy atom. The van der Waals surface area contributed by atoms with Crippen LogP contribution in [-0.4, -0.2) is 39.8 Å². The molecule has 3 rings (SSSR count). The van der Waals surface area contributed by atoms with E-state index in [1.807, 2.05) is 14.0 Å². The predicted molar refractivity (Wildman–Crippen MR) is 89.6 cm³/mol. The van der Waals surface area contributed by atoms with E-state index in [2.05, 4.69) is 26.4 Å². The molecule has 7 heteroatoms. The fourth-order valence-electron chi connectivity index (χ4n) is 2.98. The van der Waals surface area contributed by atoms with Crippen LogP contribution in [-0.2, 0) is 7.05 Å². The maximum Gasteiger partial charge on any atom is 0.272 e. The lowest BCUT2D eigenvalue weighted by atomic mass is 10.0. The highest BCUT2D eigenvalue weighted by Crippen LogP contribution is 2.22. The van der Waals surface area contributed by atoms with Crippen molar-refractivity contribution in [3.63, 3.8) is 0 Å². The lowest BCUT2D eigenvalue weighted by Gasteiger charge is -2.34. The summed E-state index contributed by atoms with van der Waals surface area (Å²) in [5.41, 5.74) is 2.82. The van der Waals surface area contributed by atoms with Gasteiger partial charge in [0.1, 0.15) is 11.8 Å². The Hall–Kier alpha value is -2.88. The fraction of sp³-hybridized carbons (Fsp3) is 0.412. The lowest BCUT2D eigenvalue weighted by Crippen LogP contribution is -2.48. The molecule has 1 atom stereocenters. The van der Waals surface area contributed by atoms with Crippen molar-refractivity contribution in [2.24, 2.45) is 7.05 Å². The second kappa shape index (κ2) is 6.71. The molecule has 1 amide bonds. The van der Waals surface area contributed by atoms with Crippen LogP contribution in [0, 0.1) is 18.3 Å². The van der Waals surface area contributed by atoms with E-state index in [4.69, 9.17) is 0 Å². The van der Waals surface area contributed by atoms with Gasteiger partial charge in [0.2, 0.25) is 0 Å². The highest BCUT2D eigenvalue weighted by Gasteiger charge is 2.24. The number of nitriles is 1. The third-order valence-corrected chi connectivity index (χ3v) is 4.36. The molecule has 0 aromatic carbocycles. The highest BCUT2D eigenvalue weighted by molar-refractivity contribution is 5.92. The number of nitrogens with zero attached hydrogens (tertiary/aromatic N) is 5. The van der Waals surface area contributed by atoms with Crippen LogP contribution in [0.1, 0.15) is 34.6 Å². The van der Waals surface area contributed by atoms with Gasteiger partial charge in [-0.2, -0.15) is 10.4 Å². The van der Waals surface area contributed by atoms with Crippen LogP contribution < -0.4 is 10.2 Å². The molecular formula is C17H20N6O. The molecule has 1 aliphatic rings. The first kappa shape index (κ1) is 16.0. The summed E-state index contributed by atoms with van der Waals surface area (Å²) in [5.74, 6) is -0.155. The lowest BCUT2D eigenvalue weighted by molar-refractivity contribution is 0.0927. The van der Waals surface area contributed by atoms with Crippen LogP contribution in [0.5, 0.6) is 0 Å². The van der Waals surface area contributed by atoms with Gasteiger partial charge in [-0.05, 0) is 31.9 Å². The maximum atomic E-state index is 12.4. The number of hydrogen-bond acceptors (Lipinski definition) is 5. The monoisotopic (exact) mass is 324 g/mol. The SMILES string of the molecule is Cc1cc(C(=O)NC2CCCN(c3cnccc3C#N)C2)nn1C. The van der Waals surface area contributed by atoms with Gasteiger partial charge < -0.3 is 10.2 Å². The second-order valence-corrected chi connectivity index (χ2v) is 6.06. The molecule has 0 bridgehead atoms. The van der Waals surface area contributed by atoms with Crippen LogP contribution in [0.15, 0.2) is 24.5 Å². The number of carbonyl (C=O) groups excluding carboxylic acids is 1. The maximum absolute atomic E-state index is 12.4. The van der Waals surface area contributed by atoms with Crippen LogP contribution >= 0.6 is 0 Å². The summed E-state index contributed by atoms with van der Waals surface area (Å²) in [7, 11) is 1.82. The molecule has 1 saturated heterocycles. The number of piperidine rings is 1. The minimum Gasteiger partial charge on any atom is -0.367 e. The van der Waals surface area contributed by atoms with Gasteiger partial charge in [0.05, 0.1) is 17.4 Å². The molecule has 0 aliphatic carbocycles. The van der Waals surface area contributed by atoms with Crippen LogP contribution in [0.4, 0.5) is 5.69 Å². The number of pyridine rings is 1. The molecule has 1 aliphatic heterocycles. The minimum atomic E-state index is -0.155. The first-order chi connectivity index (χ1) is 11.6. The Morgan fingerprint density at radius 3 is 3.04 bits per heavy atom. The summed E-state index contributed by atoms with van der Waals surface area (Å²) in [4.78, 5) is 18.6. The van der Waals surface area contributed by atoms with E-state index in [0.29, 0.717) is 17.8 Å². The van der Waals surface area contributed by atoms with Crippen molar-refractivity contribution >= 4 is 11.6 Å². The van der Waals surface area contributed by atoms with Crippen molar-refractivity contribution in [2.75, 3.05) is 18.0 Å².